The van der Waals surface area contributed by atoms with Crippen molar-refractivity contribution in [2.45, 2.75) is 19.0 Å². The first-order valence-corrected chi connectivity index (χ1v) is 9.34. The van der Waals surface area contributed by atoms with E-state index in [0.29, 0.717) is 17.7 Å². The fourth-order valence-corrected chi connectivity index (χ4v) is 2.77. The SMILES string of the molecule is CN=C(NOCc1ccccc1/C(=N\OC)C(=O)OC)c1cc(C(F)(F)F)cc(C(F)(F)F)c1. The van der Waals surface area contributed by atoms with Crippen LogP contribution in [0.15, 0.2) is 52.6 Å². The molecule has 184 valence electrons. The molecule has 0 saturated carbocycles. The molecule has 2 rings (SSSR count). The number of benzene rings is 2. The number of esters is 1. The number of hydrogen-bond acceptors (Lipinski definition) is 6. The second kappa shape index (κ2) is 11.0. The Bertz CT molecular complexity index is 1050. The summed E-state index contributed by atoms with van der Waals surface area (Å²) in [7, 11) is 3.52. The number of alkyl halides is 6. The standard InChI is InChI=1S/C21H19F6N3O4/c1-28-18(13-8-14(20(22,23)24)10-15(9-13)21(25,26)27)30-34-11-12-6-4-5-7-16(12)17(29-33-3)19(31)32-2/h4-10H,11H2,1-3H3,(H,28,30)/b29-17+. The highest BCUT2D eigenvalue weighted by Crippen LogP contribution is 2.36. The second-order valence-corrected chi connectivity index (χ2v) is 6.53. The zero-order chi connectivity index (χ0) is 25.5. The van der Waals surface area contributed by atoms with Crippen LogP contribution in [0.2, 0.25) is 0 Å². The van der Waals surface area contributed by atoms with Crippen molar-refractivity contribution < 1.29 is 45.5 Å². The highest BCUT2D eigenvalue weighted by Gasteiger charge is 2.37. The fraction of sp³-hybridized carbons (Fsp3) is 0.286. The first-order chi connectivity index (χ1) is 15.9. The van der Waals surface area contributed by atoms with Gasteiger partial charge in [-0.05, 0) is 23.8 Å². The van der Waals surface area contributed by atoms with Crippen LogP contribution < -0.4 is 5.48 Å². The first-order valence-electron chi connectivity index (χ1n) is 9.34. The number of hydroxylamine groups is 1. The molecule has 0 aliphatic rings. The minimum atomic E-state index is -5.01. The van der Waals surface area contributed by atoms with E-state index in [4.69, 9.17) is 4.84 Å². The van der Waals surface area contributed by atoms with Crippen molar-refractivity contribution in [3.05, 3.63) is 70.3 Å². The lowest BCUT2D eigenvalue weighted by molar-refractivity contribution is -0.143. The van der Waals surface area contributed by atoms with Gasteiger partial charge in [-0.25, -0.2) is 10.3 Å². The van der Waals surface area contributed by atoms with Crippen molar-refractivity contribution in [1.82, 2.24) is 5.48 Å². The predicted octanol–water partition coefficient (Wildman–Crippen LogP) is 4.35. The fourth-order valence-electron chi connectivity index (χ4n) is 2.77. The number of nitrogens with zero attached hydrogens (tertiary/aromatic N) is 2. The highest BCUT2D eigenvalue weighted by atomic mass is 19.4. The lowest BCUT2D eigenvalue weighted by Gasteiger charge is -2.16. The van der Waals surface area contributed by atoms with Crippen molar-refractivity contribution in [1.29, 1.82) is 0 Å². The van der Waals surface area contributed by atoms with E-state index in [-0.39, 0.29) is 29.8 Å². The van der Waals surface area contributed by atoms with E-state index < -0.39 is 35.0 Å². The topological polar surface area (TPSA) is 81.5 Å². The van der Waals surface area contributed by atoms with Crippen LogP contribution in [0.5, 0.6) is 0 Å². The summed E-state index contributed by atoms with van der Waals surface area (Å²) in [5.41, 5.74) is -0.751. The maximum absolute atomic E-state index is 13.1. The lowest BCUT2D eigenvalue weighted by atomic mass is 10.0. The Morgan fingerprint density at radius 1 is 0.971 bits per heavy atom. The Morgan fingerprint density at radius 2 is 1.56 bits per heavy atom. The summed E-state index contributed by atoms with van der Waals surface area (Å²) in [6, 6.07) is 7.33. The smallest absolute Gasteiger partial charge is 0.416 e. The Labute approximate surface area is 190 Å². The van der Waals surface area contributed by atoms with Crippen LogP contribution in [0.3, 0.4) is 0 Å². The number of hydrogen-bond donors (Lipinski definition) is 1. The summed E-state index contributed by atoms with van der Waals surface area (Å²) in [5, 5.41) is 3.63. The van der Waals surface area contributed by atoms with E-state index in [1.165, 1.54) is 13.2 Å². The number of aliphatic imine (C=N–C) groups is 1. The molecule has 0 amide bonds. The molecule has 13 heteroatoms. The quantitative estimate of drug-likeness (QED) is 0.205. The van der Waals surface area contributed by atoms with Gasteiger partial charge >= 0.3 is 18.3 Å². The van der Waals surface area contributed by atoms with E-state index in [0.717, 1.165) is 14.2 Å². The number of methoxy groups -OCH3 is 1. The normalized spacial score (nSPS) is 13.0. The summed E-state index contributed by atoms with van der Waals surface area (Å²) in [4.78, 5) is 25.6. The van der Waals surface area contributed by atoms with E-state index in [1.54, 1.807) is 18.2 Å². The minimum Gasteiger partial charge on any atom is -0.464 e. The number of amidine groups is 1. The summed E-state index contributed by atoms with van der Waals surface area (Å²) < 4.78 is 83.5. The van der Waals surface area contributed by atoms with Crippen LogP contribution in [0.4, 0.5) is 26.3 Å². The predicted molar refractivity (Wildman–Crippen MR) is 109 cm³/mol. The monoisotopic (exact) mass is 491 g/mol. The maximum Gasteiger partial charge on any atom is 0.416 e. The van der Waals surface area contributed by atoms with Gasteiger partial charge in [-0.1, -0.05) is 29.4 Å². The molecule has 7 nitrogen and oxygen atoms in total. The molecule has 0 unspecified atom stereocenters. The van der Waals surface area contributed by atoms with Crippen molar-refractivity contribution in [3.8, 4) is 0 Å². The molecule has 0 fully saturated rings. The van der Waals surface area contributed by atoms with Gasteiger partial charge in [0.2, 0.25) is 0 Å². The molecule has 0 atom stereocenters. The molecule has 0 aliphatic carbocycles. The van der Waals surface area contributed by atoms with Gasteiger partial charge in [0.25, 0.3) is 0 Å². The summed E-state index contributed by atoms with van der Waals surface area (Å²) in [5.74, 6) is -1.19. The van der Waals surface area contributed by atoms with Crippen molar-refractivity contribution in [3.63, 3.8) is 0 Å². The minimum absolute atomic E-state index is 0.0113. The van der Waals surface area contributed by atoms with Gasteiger partial charge in [0.05, 0.1) is 18.2 Å². The third kappa shape index (κ3) is 6.70. The Kier molecular flexibility index (Phi) is 8.62. The van der Waals surface area contributed by atoms with Gasteiger partial charge in [0, 0.05) is 18.2 Å². The third-order valence-electron chi connectivity index (χ3n) is 4.32. The molecule has 2 aromatic carbocycles. The number of carbonyl (C=O) groups excluding carboxylic acids is 1. The molecule has 0 spiro atoms. The van der Waals surface area contributed by atoms with E-state index in [2.05, 4.69) is 25.2 Å². The number of ether oxygens (including phenoxy) is 1. The maximum atomic E-state index is 13.1. The third-order valence-corrected chi connectivity index (χ3v) is 4.32. The molecule has 34 heavy (non-hydrogen) atoms. The molecule has 0 aromatic heterocycles. The van der Waals surface area contributed by atoms with Gasteiger partial charge in [-0.3, -0.25) is 9.83 Å². The van der Waals surface area contributed by atoms with Crippen molar-refractivity contribution >= 4 is 17.5 Å². The van der Waals surface area contributed by atoms with E-state index in [1.807, 2.05) is 0 Å². The molecular formula is C21H19F6N3O4. The summed E-state index contributed by atoms with van der Waals surface area (Å²) in [6.07, 6.45) is -10.0. The van der Waals surface area contributed by atoms with Gasteiger partial charge in [0.15, 0.2) is 11.5 Å². The second-order valence-electron chi connectivity index (χ2n) is 6.53. The highest BCUT2D eigenvalue weighted by molar-refractivity contribution is 6.43. The van der Waals surface area contributed by atoms with Crippen LogP contribution in [-0.4, -0.2) is 38.8 Å². The van der Waals surface area contributed by atoms with Crippen LogP contribution in [0, 0.1) is 0 Å². The van der Waals surface area contributed by atoms with Gasteiger partial charge in [-0.15, -0.1) is 0 Å². The summed E-state index contributed by atoms with van der Waals surface area (Å²) >= 11 is 0. The van der Waals surface area contributed by atoms with E-state index >= 15 is 0 Å². The molecule has 0 saturated heterocycles. The number of carbonyl (C=O) groups is 1. The van der Waals surface area contributed by atoms with Crippen LogP contribution in [0.1, 0.15) is 27.8 Å². The molecule has 0 aliphatic heterocycles. The van der Waals surface area contributed by atoms with Gasteiger partial charge < -0.3 is 9.57 Å². The van der Waals surface area contributed by atoms with Crippen LogP contribution in [0.25, 0.3) is 0 Å². The number of nitrogens with one attached hydrogen (secondary N) is 1. The van der Waals surface area contributed by atoms with Gasteiger partial charge in [0.1, 0.15) is 13.7 Å². The average Bonchev–Trinajstić information content (AvgIpc) is 2.78. The number of halogens is 6. The Hall–Kier alpha value is -3.61. The lowest BCUT2D eigenvalue weighted by Crippen LogP contribution is -2.27. The first kappa shape index (κ1) is 26.6. The molecule has 0 bridgehead atoms. The Balaban J connectivity index is 2.31. The summed E-state index contributed by atoms with van der Waals surface area (Å²) in [6.45, 7) is -0.278. The van der Waals surface area contributed by atoms with Crippen molar-refractivity contribution in [2.24, 2.45) is 10.1 Å². The molecule has 1 N–H and O–H groups in total. The average molecular weight is 491 g/mol. The number of rotatable bonds is 7. The van der Waals surface area contributed by atoms with Gasteiger partial charge in [-0.2, -0.15) is 26.3 Å². The molecular weight excluding hydrogens is 472 g/mol. The zero-order valence-electron chi connectivity index (χ0n) is 18.0. The van der Waals surface area contributed by atoms with Crippen molar-refractivity contribution in [2.75, 3.05) is 21.3 Å². The molecule has 2 aromatic rings. The number of oxime groups is 1. The van der Waals surface area contributed by atoms with Crippen LogP contribution >= 0.6 is 0 Å². The largest absolute Gasteiger partial charge is 0.464 e. The van der Waals surface area contributed by atoms with Crippen LogP contribution in [-0.2, 0) is 38.2 Å². The zero-order valence-corrected chi connectivity index (χ0v) is 18.0. The molecule has 0 radical (unpaired) electrons. The van der Waals surface area contributed by atoms with E-state index in [9.17, 15) is 31.1 Å². The molecule has 0 heterocycles. The Morgan fingerprint density at radius 3 is 2.06 bits per heavy atom.